The highest BCUT2D eigenvalue weighted by molar-refractivity contribution is 7.07. The second kappa shape index (κ2) is 6.64. The Morgan fingerprint density at radius 2 is 2.33 bits per heavy atom. The minimum atomic E-state index is 0.182. The molecule has 3 atom stereocenters. The monoisotopic (exact) mass is 347 g/mol. The predicted molar refractivity (Wildman–Crippen MR) is 88.8 cm³/mol. The summed E-state index contributed by atoms with van der Waals surface area (Å²) in [6, 6.07) is 2.02. The van der Waals surface area contributed by atoms with E-state index in [1.54, 1.807) is 11.3 Å². The fourth-order valence-corrected chi connectivity index (χ4v) is 4.46. The van der Waals surface area contributed by atoms with Crippen LogP contribution in [-0.2, 0) is 16.0 Å². The van der Waals surface area contributed by atoms with Crippen LogP contribution in [0.1, 0.15) is 36.1 Å². The van der Waals surface area contributed by atoms with Crippen molar-refractivity contribution < 1.29 is 13.9 Å². The minimum Gasteiger partial charge on any atom is -0.425 e. The summed E-state index contributed by atoms with van der Waals surface area (Å²) in [5.74, 6) is 1.89. The summed E-state index contributed by atoms with van der Waals surface area (Å²) in [4.78, 5) is 14.6. The number of likely N-dealkylation sites (tertiary alicyclic amines) is 1. The van der Waals surface area contributed by atoms with E-state index in [2.05, 4.69) is 10.2 Å². The Balaban J connectivity index is 1.48. The smallest absolute Gasteiger partial charge is 0.227 e. The first-order valence-corrected chi connectivity index (χ1v) is 9.35. The molecule has 2 saturated heterocycles. The Labute approximate surface area is 144 Å². The fraction of sp³-hybridized carbons (Fsp3) is 0.588. The van der Waals surface area contributed by atoms with Crippen molar-refractivity contribution in [2.45, 2.75) is 38.2 Å². The van der Waals surface area contributed by atoms with Crippen LogP contribution in [0.2, 0.25) is 0 Å². The highest BCUT2D eigenvalue weighted by Crippen LogP contribution is 2.39. The molecule has 6 nitrogen and oxygen atoms in total. The van der Waals surface area contributed by atoms with E-state index in [1.807, 2.05) is 28.7 Å². The van der Waals surface area contributed by atoms with Crippen molar-refractivity contribution in [3.05, 3.63) is 34.2 Å². The molecule has 2 aromatic heterocycles. The first-order chi connectivity index (χ1) is 11.7. The van der Waals surface area contributed by atoms with Gasteiger partial charge in [-0.1, -0.05) is 0 Å². The number of ether oxygens (including phenoxy) is 1. The van der Waals surface area contributed by atoms with Gasteiger partial charge in [0.2, 0.25) is 17.7 Å². The zero-order valence-corrected chi connectivity index (χ0v) is 14.5. The molecule has 0 radical (unpaired) electrons. The van der Waals surface area contributed by atoms with Gasteiger partial charge in [0.1, 0.15) is 0 Å². The van der Waals surface area contributed by atoms with Crippen LogP contribution in [0.5, 0.6) is 0 Å². The third-order valence-electron chi connectivity index (χ3n) is 5.02. The van der Waals surface area contributed by atoms with Crippen LogP contribution in [-0.4, -0.2) is 46.8 Å². The molecule has 4 rings (SSSR count). The van der Waals surface area contributed by atoms with Crippen LogP contribution in [0.25, 0.3) is 0 Å². The molecule has 0 saturated carbocycles. The number of aromatic nitrogens is 2. The maximum Gasteiger partial charge on any atom is 0.227 e. The van der Waals surface area contributed by atoms with E-state index >= 15 is 0 Å². The van der Waals surface area contributed by atoms with E-state index < -0.39 is 0 Å². The molecule has 0 spiro atoms. The quantitative estimate of drug-likeness (QED) is 0.853. The van der Waals surface area contributed by atoms with Crippen LogP contribution in [0.3, 0.4) is 0 Å². The van der Waals surface area contributed by atoms with E-state index in [-0.39, 0.29) is 23.8 Å². The van der Waals surface area contributed by atoms with Crippen molar-refractivity contribution >= 4 is 17.2 Å². The lowest BCUT2D eigenvalue weighted by Gasteiger charge is -2.44. The summed E-state index contributed by atoms with van der Waals surface area (Å²) in [6.45, 7) is 4.00. The molecule has 2 fully saturated rings. The molecule has 0 aromatic carbocycles. The summed E-state index contributed by atoms with van der Waals surface area (Å²) >= 11 is 1.63. The summed E-state index contributed by atoms with van der Waals surface area (Å²) in [5, 5.41) is 12.2. The number of rotatable bonds is 3. The molecule has 0 aliphatic carbocycles. The van der Waals surface area contributed by atoms with Gasteiger partial charge in [-0.15, -0.1) is 10.2 Å². The molecule has 4 heterocycles. The maximum atomic E-state index is 12.6. The SMILES string of the molecule is Cc1nnc([C@@H]2CCO[C@@H]3CCN(C(=O)Cc4ccsc4)C[C@@H]32)o1. The van der Waals surface area contributed by atoms with Crippen molar-refractivity contribution in [3.63, 3.8) is 0 Å². The lowest BCUT2D eigenvalue weighted by Crippen LogP contribution is -2.51. The fourth-order valence-electron chi connectivity index (χ4n) is 3.79. The summed E-state index contributed by atoms with van der Waals surface area (Å²) in [7, 11) is 0. The average molecular weight is 347 g/mol. The Kier molecular flexibility index (Phi) is 4.37. The topological polar surface area (TPSA) is 68.5 Å². The van der Waals surface area contributed by atoms with Crippen molar-refractivity contribution in [2.75, 3.05) is 19.7 Å². The van der Waals surface area contributed by atoms with Gasteiger partial charge in [0.05, 0.1) is 12.5 Å². The van der Waals surface area contributed by atoms with Gasteiger partial charge in [-0.3, -0.25) is 4.79 Å². The van der Waals surface area contributed by atoms with E-state index in [4.69, 9.17) is 9.15 Å². The predicted octanol–water partition coefficient (Wildman–Crippen LogP) is 2.40. The van der Waals surface area contributed by atoms with Crippen LogP contribution in [0.15, 0.2) is 21.2 Å². The number of hydrogen-bond donors (Lipinski definition) is 0. The molecule has 24 heavy (non-hydrogen) atoms. The first-order valence-electron chi connectivity index (χ1n) is 8.41. The molecule has 2 aliphatic rings. The molecule has 2 aromatic rings. The molecule has 0 bridgehead atoms. The molecular weight excluding hydrogens is 326 g/mol. The normalized spacial score (nSPS) is 27.0. The second-order valence-electron chi connectivity index (χ2n) is 6.56. The Morgan fingerprint density at radius 1 is 1.42 bits per heavy atom. The van der Waals surface area contributed by atoms with E-state index in [0.29, 0.717) is 24.7 Å². The minimum absolute atomic E-state index is 0.182. The molecule has 0 unspecified atom stereocenters. The van der Waals surface area contributed by atoms with E-state index in [1.165, 1.54) is 0 Å². The van der Waals surface area contributed by atoms with Crippen molar-refractivity contribution in [1.29, 1.82) is 0 Å². The van der Waals surface area contributed by atoms with Gasteiger partial charge >= 0.3 is 0 Å². The molecule has 0 N–H and O–H groups in total. The number of carbonyl (C=O) groups excluding carboxylic acids is 1. The second-order valence-corrected chi connectivity index (χ2v) is 7.34. The first kappa shape index (κ1) is 15.8. The van der Waals surface area contributed by atoms with Gasteiger partial charge in [-0.05, 0) is 35.2 Å². The molecular formula is C17H21N3O3S. The highest BCUT2D eigenvalue weighted by atomic mass is 32.1. The lowest BCUT2D eigenvalue weighted by atomic mass is 9.79. The summed E-state index contributed by atoms with van der Waals surface area (Å²) in [5.41, 5.74) is 1.09. The van der Waals surface area contributed by atoms with Crippen molar-refractivity contribution in [3.8, 4) is 0 Å². The Morgan fingerprint density at radius 3 is 3.08 bits per heavy atom. The van der Waals surface area contributed by atoms with Crippen LogP contribution >= 0.6 is 11.3 Å². The number of carbonyl (C=O) groups is 1. The van der Waals surface area contributed by atoms with Gasteiger partial charge in [-0.2, -0.15) is 11.3 Å². The zero-order chi connectivity index (χ0) is 16.5. The number of amides is 1. The molecule has 128 valence electrons. The lowest BCUT2D eigenvalue weighted by molar-refractivity contribution is -0.139. The third kappa shape index (κ3) is 3.10. The number of fused-ring (bicyclic) bond motifs is 1. The van der Waals surface area contributed by atoms with Gasteiger partial charge in [-0.25, -0.2) is 0 Å². The number of piperidine rings is 1. The average Bonchev–Trinajstić information content (AvgIpc) is 3.25. The standard InChI is InChI=1S/C17H21N3O3S/c1-11-18-19-17(23-11)13-3-6-22-15-2-5-20(9-14(13)15)16(21)8-12-4-7-24-10-12/h4,7,10,13-15H,2-3,5-6,8-9H2,1H3/t13-,14-,15-/m1/s1. The maximum absolute atomic E-state index is 12.6. The Hall–Kier alpha value is -1.73. The zero-order valence-electron chi connectivity index (χ0n) is 13.7. The van der Waals surface area contributed by atoms with Gasteiger partial charge < -0.3 is 14.1 Å². The summed E-state index contributed by atoms with van der Waals surface area (Å²) in [6.07, 6.45) is 2.41. The van der Waals surface area contributed by atoms with Crippen LogP contribution in [0, 0.1) is 12.8 Å². The van der Waals surface area contributed by atoms with Crippen LogP contribution < -0.4 is 0 Å². The number of thiophene rings is 1. The van der Waals surface area contributed by atoms with E-state index in [0.717, 1.165) is 31.6 Å². The van der Waals surface area contributed by atoms with Gasteiger partial charge in [0.15, 0.2) is 0 Å². The van der Waals surface area contributed by atoms with Gasteiger partial charge in [0.25, 0.3) is 0 Å². The highest BCUT2D eigenvalue weighted by Gasteiger charge is 2.42. The number of hydrogen-bond acceptors (Lipinski definition) is 6. The summed E-state index contributed by atoms with van der Waals surface area (Å²) < 4.78 is 11.6. The molecule has 2 aliphatic heterocycles. The van der Waals surface area contributed by atoms with Crippen molar-refractivity contribution in [1.82, 2.24) is 15.1 Å². The molecule has 1 amide bonds. The number of nitrogens with zero attached hydrogens (tertiary/aromatic N) is 3. The van der Waals surface area contributed by atoms with Gasteiger partial charge in [0, 0.05) is 38.5 Å². The molecule has 7 heteroatoms. The van der Waals surface area contributed by atoms with E-state index in [9.17, 15) is 4.79 Å². The Bertz CT molecular complexity index is 700. The van der Waals surface area contributed by atoms with Crippen LogP contribution in [0.4, 0.5) is 0 Å². The number of aryl methyl sites for hydroxylation is 1. The van der Waals surface area contributed by atoms with Crippen molar-refractivity contribution in [2.24, 2.45) is 5.92 Å². The third-order valence-corrected chi connectivity index (χ3v) is 5.75. The largest absolute Gasteiger partial charge is 0.425 e.